The number of unbranched alkanes of at least 4 members (excludes halogenated alkanes) is 32. The third-order valence-corrected chi connectivity index (χ3v) is 12.8. The zero-order chi connectivity index (χ0) is 47.7. The van der Waals surface area contributed by atoms with E-state index in [2.05, 4.69) is 6.92 Å². The zero-order valence-electron chi connectivity index (χ0n) is 38.0. The van der Waals surface area contributed by atoms with Gasteiger partial charge in [0.05, 0.1) is 5.92 Å². The summed E-state index contributed by atoms with van der Waals surface area (Å²) >= 11 is 0. The minimum Gasteiger partial charge on any atom is -0.481 e. The number of hydrogen-bond donors (Lipinski definition) is 8. The Bertz CT molecular complexity index is 1330. The van der Waals surface area contributed by atoms with E-state index >= 15 is 0 Å². The van der Waals surface area contributed by atoms with E-state index in [1.807, 2.05) is 0 Å². The summed E-state index contributed by atoms with van der Waals surface area (Å²) in [6.45, 7) is 2.27. The van der Waals surface area contributed by atoms with Gasteiger partial charge in [-0.25, -0.2) is 0 Å². The van der Waals surface area contributed by atoms with Gasteiger partial charge in [-0.1, -0.05) is 219 Å². The molecule has 0 aromatic rings. The quantitative estimate of drug-likeness (QED) is 0.0208. The molecule has 63 heavy (non-hydrogen) atoms. The van der Waals surface area contributed by atoms with Crippen LogP contribution in [0.2, 0.25) is 0 Å². The van der Waals surface area contributed by atoms with Crippen molar-refractivity contribution in [2.45, 2.75) is 225 Å². The second-order valence-electron chi connectivity index (χ2n) is 17.4. The third kappa shape index (κ3) is 17.7. The van der Waals surface area contributed by atoms with E-state index in [1.54, 1.807) is 0 Å². The van der Waals surface area contributed by atoms with Crippen molar-refractivity contribution < 1.29 is 79.2 Å². The van der Waals surface area contributed by atoms with Gasteiger partial charge < -0.3 is 40.9 Å². The molecule has 16 nitrogen and oxygen atoms in total. The monoisotopic (exact) mass is 901 g/mol. The molecule has 0 amide bonds. The van der Waals surface area contributed by atoms with E-state index in [1.165, 1.54) is 154 Å². The Kier molecular flexibility index (Phi) is 31.1. The van der Waals surface area contributed by atoms with Crippen molar-refractivity contribution >= 4 is 47.8 Å². The first-order chi connectivity index (χ1) is 30.0. The lowest BCUT2D eigenvalue weighted by Gasteiger charge is -2.46. The van der Waals surface area contributed by atoms with E-state index in [0.29, 0.717) is 12.8 Å². The fourth-order valence-electron chi connectivity index (χ4n) is 9.20. The zero-order valence-corrected chi connectivity index (χ0v) is 38.0. The molecule has 0 aliphatic heterocycles. The Morgan fingerprint density at radius 2 is 0.508 bits per heavy atom. The molecule has 0 aromatic heterocycles. The summed E-state index contributed by atoms with van der Waals surface area (Å²) in [6.07, 6.45) is 37.2. The van der Waals surface area contributed by atoms with E-state index in [-0.39, 0.29) is 12.8 Å². The molecule has 8 N–H and O–H groups in total. The smallest absolute Gasteiger partial charge is 0.334 e. The van der Waals surface area contributed by atoms with Crippen LogP contribution in [0.4, 0.5) is 0 Å². The lowest BCUT2D eigenvalue weighted by Crippen LogP contribution is -2.76. The van der Waals surface area contributed by atoms with Crippen molar-refractivity contribution in [1.29, 1.82) is 0 Å². The fraction of sp³-hybridized carbons (Fsp3) is 0.830. The number of hydrogen-bond acceptors (Lipinski definition) is 8. The largest absolute Gasteiger partial charge is 0.481 e. The van der Waals surface area contributed by atoms with Gasteiger partial charge in [0.1, 0.15) is 0 Å². The first kappa shape index (κ1) is 58.8. The molecule has 0 radical (unpaired) electrons. The summed E-state index contributed by atoms with van der Waals surface area (Å²) in [5.74, 6) is -28.0. The summed E-state index contributed by atoms with van der Waals surface area (Å²) < 4.78 is 0. The Hall–Kier alpha value is -4.24. The average molecular weight is 901 g/mol. The van der Waals surface area contributed by atoms with Crippen molar-refractivity contribution in [3.05, 3.63) is 0 Å². The van der Waals surface area contributed by atoms with Gasteiger partial charge in [-0.05, 0) is 6.42 Å². The van der Waals surface area contributed by atoms with E-state index in [0.717, 1.165) is 32.1 Å². The van der Waals surface area contributed by atoms with Crippen LogP contribution in [0.25, 0.3) is 0 Å². The topological polar surface area (TPSA) is 298 Å². The van der Waals surface area contributed by atoms with Crippen LogP contribution >= 0.6 is 0 Å². The molecule has 0 fully saturated rings. The number of carboxylic acid groups (broad SMARTS) is 8. The van der Waals surface area contributed by atoms with Crippen molar-refractivity contribution in [3.63, 3.8) is 0 Å². The molecule has 1 unspecified atom stereocenters. The number of aliphatic carboxylic acids is 8. The van der Waals surface area contributed by atoms with Crippen molar-refractivity contribution in [2.24, 2.45) is 22.2 Å². The van der Waals surface area contributed by atoms with Gasteiger partial charge in [0, 0.05) is 0 Å². The molecule has 0 bridgehead atoms. The molecule has 0 heterocycles. The molecular weight excluding hydrogens is 821 g/mol. The van der Waals surface area contributed by atoms with Gasteiger partial charge in [0.2, 0.25) is 10.8 Å². The normalized spacial score (nSPS) is 12.5. The first-order valence-electron chi connectivity index (χ1n) is 23.9. The minimum absolute atomic E-state index is 0.133. The SMILES string of the molecule is CCCCCCCCCCCCCCCCCCCCCCCCCCCCCCCCCCCC(C(=O)O)C(C(=O)O)(C(=O)O)C(C(=O)O)(C(=O)O)C(C(=O)O)(C(=O)O)C(=O)O. The summed E-state index contributed by atoms with van der Waals surface area (Å²) in [5, 5.41) is 79.5. The maximum atomic E-state index is 12.7. The molecule has 1 atom stereocenters. The van der Waals surface area contributed by atoms with Crippen LogP contribution in [0.5, 0.6) is 0 Å². The summed E-state index contributed by atoms with van der Waals surface area (Å²) in [4.78, 5) is 99.8. The van der Waals surface area contributed by atoms with Gasteiger partial charge in [0.25, 0.3) is 5.41 Å². The van der Waals surface area contributed by atoms with Crippen LogP contribution in [0.1, 0.15) is 225 Å². The molecule has 364 valence electrons. The van der Waals surface area contributed by atoms with Crippen molar-refractivity contribution in [2.75, 3.05) is 0 Å². The molecule has 0 saturated carbocycles. The van der Waals surface area contributed by atoms with Crippen molar-refractivity contribution in [3.8, 4) is 0 Å². The second kappa shape index (κ2) is 33.3. The maximum absolute atomic E-state index is 12.7. The summed E-state index contributed by atoms with van der Waals surface area (Å²) in [5.41, 5.74) is -15.4. The third-order valence-electron chi connectivity index (χ3n) is 12.8. The minimum atomic E-state index is -5.32. The highest BCUT2D eigenvalue weighted by molar-refractivity contribution is 6.29. The highest BCUT2D eigenvalue weighted by Crippen LogP contribution is 2.59. The molecule has 16 heteroatoms. The summed E-state index contributed by atoms with van der Waals surface area (Å²) in [6, 6.07) is 0. The van der Waals surface area contributed by atoms with Gasteiger partial charge in [-0.2, -0.15) is 0 Å². The number of carbonyl (C=O) groups is 8. The van der Waals surface area contributed by atoms with Crippen LogP contribution < -0.4 is 0 Å². The Balaban J connectivity index is 4.43. The number of rotatable bonds is 45. The molecular formula is C47H80O16. The summed E-state index contributed by atoms with van der Waals surface area (Å²) in [7, 11) is 0. The Morgan fingerprint density at radius 3 is 0.667 bits per heavy atom. The Labute approximate surface area is 373 Å². The fourth-order valence-corrected chi connectivity index (χ4v) is 9.20. The highest BCUT2D eigenvalue weighted by atomic mass is 16.4. The van der Waals surface area contributed by atoms with Gasteiger partial charge in [-0.15, -0.1) is 0 Å². The van der Waals surface area contributed by atoms with Crippen LogP contribution in [-0.4, -0.2) is 88.6 Å². The standard InChI is InChI=1S/C47H80O16/c1-2-3-4-5-6-7-8-9-10-11-12-13-14-15-16-17-18-19-20-21-22-23-24-25-26-27-28-29-30-31-32-33-34-35-36(37(48)49)45(38(50)51,39(52)53)47(43(60)61,44(62)63)46(40(54)55,41(56)57)42(58)59/h36H,2-35H2,1H3,(H,48,49)(H,50,51)(H,52,53)(H,54,55)(H,56,57)(H,58,59)(H,60,61)(H,62,63). The molecule has 0 rings (SSSR count). The second-order valence-corrected chi connectivity index (χ2v) is 17.4. The van der Waals surface area contributed by atoms with E-state index in [9.17, 15) is 79.2 Å². The molecule has 0 aliphatic rings. The maximum Gasteiger partial charge on any atom is 0.334 e. The average Bonchev–Trinajstić information content (AvgIpc) is 3.20. The van der Waals surface area contributed by atoms with Crippen LogP contribution in [0.3, 0.4) is 0 Å². The number of carboxylic acids is 8. The highest BCUT2D eigenvalue weighted by Gasteiger charge is 2.89. The van der Waals surface area contributed by atoms with E-state index in [4.69, 9.17) is 0 Å². The van der Waals surface area contributed by atoms with Crippen LogP contribution in [0, 0.1) is 22.2 Å². The van der Waals surface area contributed by atoms with Gasteiger partial charge in [-0.3, -0.25) is 38.4 Å². The molecule has 0 aromatic carbocycles. The first-order valence-corrected chi connectivity index (χ1v) is 23.9. The predicted molar refractivity (Wildman–Crippen MR) is 235 cm³/mol. The molecule has 0 spiro atoms. The molecule has 0 saturated heterocycles. The van der Waals surface area contributed by atoms with E-state index < -0.39 is 76.3 Å². The lowest BCUT2D eigenvalue weighted by atomic mass is 9.45. The van der Waals surface area contributed by atoms with Crippen molar-refractivity contribution in [1.82, 2.24) is 0 Å². The van der Waals surface area contributed by atoms with Gasteiger partial charge in [0.15, 0.2) is 0 Å². The van der Waals surface area contributed by atoms with Crippen LogP contribution in [0.15, 0.2) is 0 Å². The Morgan fingerprint density at radius 1 is 0.302 bits per heavy atom. The molecule has 0 aliphatic carbocycles. The van der Waals surface area contributed by atoms with Gasteiger partial charge >= 0.3 is 47.8 Å². The van der Waals surface area contributed by atoms with Crippen LogP contribution in [-0.2, 0) is 38.4 Å². The predicted octanol–water partition coefficient (Wildman–Crippen LogP) is 10.5. The lowest BCUT2D eigenvalue weighted by molar-refractivity contribution is -0.227.